The largest absolute Gasteiger partial charge is 0.396 e. The quantitative estimate of drug-likeness (QED) is 0.540. The van der Waals surface area contributed by atoms with Gasteiger partial charge in [-0.1, -0.05) is 13.8 Å². The Kier molecular flexibility index (Phi) is 7.20. The van der Waals surface area contributed by atoms with Gasteiger partial charge in [0, 0.05) is 26.2 Å². The number of nitriles is 1. The van der Waals surface area contributed by atoms with Crippen molar-refractivity contribution in [3.63, 3.8) is 0 Å². The molecule has 1 aromatic rings. The molecule has 1 heterocycles. The second-order valence-electron chi connectivity index (χ2n) is 5.16. The third-order valence-corrected chi connectivity index (χ3v) is 4.29. The molecule has 0 radical (unpaired) electrons. The highest BCUT2D eigenvalue weighted by molar-refractivity contribution is 7.19. The van der Waals surface area contributed by atoms with E-state index in [9.17, 15) is 10.1 Å². The van der Waals surface area contributed by atoms with Gasteiger partial charge < -0.3 is 15.8 Å². The summed E-state index contributed by atoms with van der Waals surface area (Å²) in [6.07, 6.45) is 3.06. The SMILES string of the molecule is COCCCCCNc1sc(C(=O)C(C)C)c(N)c1C#N. The summed E-state index contributed by atoms with van der Waals surface area (Å²) >= 11 is 1.28. The van der Waals surface area contributed by atoms with Crippen molar-refractivity contribution in [3.8, 4) is 6.07 Å². The van der Waals surface area contributed by atoms with E-state index in [2.05, 4.69) is 11.4 Å². The molecule has 0 aromatic carbocycles. The molecule has 0 fully saturated rings. The second kappa shape index (κ2) is 8.65. The minimum Gasteiger partial charge on any atom is -0.396 e. The summed E-state index contributed by atoms with van der Waals surface area (Å²) in [6.45, 7) is 5.18. The summed E-state index contributed by atoms with van der Waals surface area (Å²) < 4.78 is 5.00. The molecule has 0 spiro atoms. The van der Waals surface area contributed by atoms with Gasteiger partial charge >= 0.3 is 0 Å². The van der Waals surface area contributed by atoms with Crippen LogP contribution in [0.4, 0.5) is 10.7 Å². The first-order valence-corrected chi connectivity index (χ1v) is 7.94. The van der Waals surface area contributed by atoms with Crippen LogP contribution in [-0.2, 0) is 4.74 Å². The van der Waals surface area contributed by atoms with Gasteiger partial charge in [0.05, 0.1) is 10.6 Å². The molecule has 21 heavy (non-hydrogen) atoms. The lowest BCUT2D eigenvalue weighted by molar-refractivity contribution is 0.0944. The molecule has 0 amide bonds. The fraction of sp³-hybridized carbons (Fsp3) is 0.600. The Balaban J connectivity index is 2.68. The van der Waals surface area contributed by atoms with Gasteiger partial charge in [-0.25, -0.2) is 0 Å². The van der Waals surface area contributed by atoms with E-state index in [-0.39, 0.29) is 11.7 Å². The van der Waals surface area contributed by atoms with E-state index in [1.54, 1.807) is 7.11 Å². The summed E-state index contributed by atoms with van der Waals surface area (Å²) in [5, 5.41) is 13.1. The highest BCUT2D eigenvalue weighted by atomic mass is 32.1. The monoisotopic (exact) mass is 309 g/mol. The third-order valence-electron chi connectivity index (χ3n) is 3.12. The fourth-order valence-corrected chi connectivity index (χ4v) is 3.06. The summed E-state index contributed by atoms with van der Waals surface area (Å²) in [5.74, 6) is -0.137. The molecule has 0 unspecified atom stereocenters. The molecule has 0 saturated heterocycles. The van der Waals surface area contributed by atoms with Crippen LogP contribution in [-0.4, -0.2) is 26.0 Å². The number of ether oxygens (including phenoxy) is 1. The van der Waals surface area contributed by atoms with Gasteiger partial charge in [-0.15, -0.1) is 11.3 Å². The van der Waals surface area contributed by atoms with Crippen molar-refractivity contribution in [2.75, 3.05) is 31.3 Å². The summed E-state index contributed by atoms with van der Waals surface area (Å²) in [7, 11) is 1.69. The van der Waals surface area contributed by atoms with E-state index in [0.717, 1.165) is 32.4 Å². The van der Waals surface area contributed by atoms with Gasteiger partial charge in [0.1, 0.15) is 16.6 Å². The lowest BCUT2D eigenvalue weighted by Crippen LogP contribution is -2.07. The fourth-order valence-electron chi connectivity index (χ4n) is 1.87. The highest BCUT2D eigenvalue weighted by Crippen LogP contribution is 2.36. The Morgan fingerprint density at radius 1 is 1.43 bits per heavy atom. The van der Waals surface area contributed by atoms with Gasteiger partial charge in [0.15, 0.2) is 5.78 Å². The number of Topliss-reactive ketones (excluding diaryl/α,β-unsaturated/α-hetero) is 1. The van der Waals surface area contributed by atoms with Crippen LogP contribution in [0.1, 0.15) is 48.3 Å². The number of nitrogens with one attached hydrogen (secondary N) is 1. The first-order valence-electron chi connectivity index (χ1n) is 7.12. The number of nitrogen functional groups attached to an aromatic ring is 1. The van der Waals surface area contributed by atoms with Crippen molar-refractivity contribution in [3.05, 3.63) is 10.4 Å². The zero-order chi connectivity index (χ0) is 15.8. The number of carbonyl (C=O) groups is 1. The molecular weight excluding hydrogens is 286 g/mol. The van der Waals surface area contributed by atoms with Crippen molar-refractivity contribution < 1.29 is 9.53 Å². The summed E-state index contributed by atoms with van der Waals surface area (Å²) in [6, 6.07) is 2.09. The maximum Gasteiger partial charge on any atom is 0.177 e. The maximum atomic E-state index is 12.1. The van der Waals surface area contributed by atoms with E-state index >= 15 is 0 Å². The molecule has 5 nitrogen and oxygen atoms in total. The molecule has 0 bridgehead atoms. The molecule has 6 heteroatoms. The van der Waals surface area contributed by atoms with Crippen LogP contribution in [0.3, 0.4) is 0 Å². The van der Waals surface area contributed by atoms with E-state index in [0.29, 0.717) is 21.1 Å². The molecule has 1 rings (SSSR count). The number of rotatable bonds is 9. The third kappa shape index (κ3) is 4.73. The number of methoxy groups -OCH3 is 1. The van der Waals surface area contributed by atoms with Crippen molar-refractivity contribution >= 4 is 27.8 Å². The van der Waals surface area contributed by atoms with Gasteiger partial charge in [0.2, 0.25) is 0 Å². The van der Waals surface area contributed by atoms with Gasteiger partial charge in [0.25, 0.3) is 0 Å². The molecule has 0 atom stereocenters. The van der Waals surface area contributed by atoms with Gasteiger partial charge in [-0.2, -0.15) is 5.26 Å². The first-order chi connectivity index (χ1) is 10.0. The number of thiophene rings is 1. The Labute approximate surface area is 130 Å². The molecular formula is C15H23N3O2S. The molecule has 0 aliphatic heterocycles. The number of anilines is 2. The van der Waals surface area contributed by atoms with E-state index in [4.69, 9.17) is 10.5 Å². The lowest BCUT2D eigenvalue weighted by atomic mass is 10.1. The Morgan fingerprint density at radius 3 is 2.71 bits per heavy atom. The number of nitrogens with zero attached hydrogens (tertiary/aromatic N) is 1. The molecule has 116 valence electrons. The van der Waals surface area contributed by atoms with Crippen LogP contribution in [0.25, 0.3) is 0 Å². The Bertz CT molecular complexity index is 518. The van der Waals surface area contributed by atoms with E-state index < -0.39 is 0 Å². The van der Waals surface area contributed by atoms with E-state index in [1.165, 1.54) is 11.3 Å². The van der Waals surface area contributed by atoms with Crippen LogP contribution in [0.2, 0.25) is 0 Å². The number of hydrogen-bond acceptors (Lipinski definition) is 6. The van der Waals surface area contributed by atoms with Crippen LogP contribution in [0.5, 0.6) is 0 Å². The molecule has 0 aliphatic carbocycles. The predicted octanol–water partition coefficient (Wildman–Crippen LogP) is 3.27. The maximum absolute atomic E-state index is 12.1. The van der Waals surface area contributed by atoms with Crippen LogP contribution >= 0.6 is 11.3 Å². The minimum atomic E-state index is -0.126. The topological polar surface area (TPSA) is 88.1 Å². The van der Waals surface area contributed by atoms with Crippen molar-refractivity contribution in [2.45, 2.75) is 33.1 Å². The number of carbonyl (C=O) groups excluding carboxylic acids is 1. The van der Waals surface area contributed by atoms with Crippen molar-refractivity contribution in [2.24, 2.45) is 5.92 Å². The zero-order valence-electron chi connectivity index (χ0n) is 12.9. The number of hydrogen-bond donors (Lipinski definition) is 2. The summed E-state index contributed by atoms with van der Waals surface area (Å²) in [5.41, 5.74) is 6.63. The smallest absolute Gasteiger partial charge is 0.177 e. The first kappa shape index (κ1) is 17.5. The van der Waals surface area contributed by atoms with E-state index in [1.807, 2.05) is 13.8 Å². The minimum absolute atomic E-state index is 0.0119. The average Bonchev–Trinajstić information content (AvgIpc) is 2.77. The second-order valence-corrected chi connectivity index (χ2v) is 6.18. The Morgan fingerprint density at radius 2 is 2.14 bits per heavy atom. The Hall–Kier alpha value is -1.58. The molecule has 0 aliphatic rings. The van der Waals surface area contributed by atoms with Crippen molar-refractivity contribution in [1.29, 1.82) is 5.26 Å². The molecule has 0 saturated carbocycles. The molecule has 3 N–H and O–H groups in total. The van der Waals surface area contributed by atoms with Crippen LogP contribution < -0.4 is 11.1 Å². The van der Waals surface area contributed by atoms with Gasteiger partial charge in [-0.3, -0.25) is 4.79 Å². The van der Waals surface area contributed by atoms with Crippen LogP contribution in [0.15, 0.2) is 0 Å². The van der Waals surface area contributed by atoms with Gasteiger partial charge in [-0.05, 0) is 19.3 Å². The molecule has 1 aromatic heterocycles. The lowest BCUT2D eigenvalue weighted by Gasteiger charge is -2.04. The van der Waals surface area contributed by atoms with Crippen molar-refractivity contribution in [1.82, 2.24) is 0 Å². The van der Waals surface area contributed by atoms with Crippen LogP contribution in [0, 0.1) is 17.2 Å². The zero-order valence-corrected chi connectivity index (χ0v) is 13.7. The number of ketones is 1. The highest BCUT2D eigenvalue weighted by Gasteiger charge is 2.22. The predicted molar refractivity (Wildman–Crippen MR) is 86.8 cm³/mol. The summed E-state index contributed by atoms with van der Waals surface area (Å²) in [4.78, 5) is 12.6. The number of nitrogens with two attached hydrogens (primary N) is 1. The number of unbranched alkanes of at least 4 members (excludes halogenated alkanes) is 2. The normalized spacial score (nSPS) is 10.6. The standard InChI is InChI=1S/C15H23N3O2S/c1-10(2)13(19)14-12(17)11(9-16)15(21-14)18-7-5-4-6-8-20-3/h10,18H,4-8,17H2,1-3H3. The average molecular weight is 309 g/mol.